The van der Waals surface area contributed by atoms with Crippen LogP contribution in [0, 0.1) is 10.1 Å². The molecule has 1 aromatic heterocycles. The highest BCUT2D eigenvalue weighted by atomic mass is 16.6. The lowest BCUT2D eigenvalue weighted by atomic mass is 10.1. The summed E-state index contributed by atoms with van der Waals surface area (Å²) >= 11 is 0. The number of ether oxygens (including phenoxy) is 1. The topological polar surface area (TPSA) is 76.8 Å². The van der Waals surface area contributed by atoms with Gasteiger partial charge in [-0.2, -0.15) is 0 Å². The zero-order chi connectivity index (χ0) is 19.6. The van der Waals surface area contributed by atoms with Crippen molar-refractivity contribution in [1.29, 1.82) is 0 Å². The van der Waals surface area contributed by atoms with E-state index in [0.29, 0.717) is 11.2 Å². The molecule has 0 spiro atoms. The van der Waals surface area contributed by atoms with Crippen LogP contribution in [0.5, 0.6) is 5.75 Å². The number of rotatable bonds is 5. The van der Waals surface area contributed by atoms with Crippen molar-refractivity contribution in [3.63, 3.8) is 0 Å². The summed E-state index contributed by atoms with van der Waals surface area (Å²) < 4.78 is 17.4. The predicted octanol–water partition coefficient (Wildman–Crippen LogP) is 4.67. The fraction of sp³-hybridized carbons (Fsp3) is 0.286. The fourth-order valence-electron chi connectivity index (χ4n) is 3.28. The van der Waals surface area contributed by atoms with E-state index < -0.39 is 4.92 Å². The fourth-order valence-corrected chi connectivity index (χ4v) is 3.28. The first kappa shape index (κ1) is 18.6. The molecule has 3 aromatic rings. The molecular weight excluding hydrogens is 346 g/mol. The van der Waals surface area contributed by atoms with Crippen LogP contribution < -0.4 is 10.2 Å². The molecule has 0 unspecified atom stereocenters. The van der Waals surface area contributed by atoms with Crippen molar-refractivity contribution in [2.45, 2.75) is 26.7 Å². The van der Waals surface area contributed by atoms with Crippen LogP contribution >= 0.6 is 0 Å². The Morgan fingerprint density at radius 1 is 1.04 bits per heavy atom. The van der Waals surface area contributed by atoms with E-state index >= 15 is 0 Å². The molecule has 0 aliphatic heterocycles. The summed E-state index contributed by atoms with van der Waals surface area (Å²) in [5.41, 5.74) is 2.42. The first-order chi connectivity index (χ1) is 13.0. The van der Waals surface area contributed by atoms with Gasteiger partial charge in [-0.05, 0) is 29.3 Å². The minimum Gasteiger partial charge on any atom is -0.496 e. The second-order valence-corrected chi connectivity index (χ2v) is 6.09. The van der Waals surface area contributed by atoms with Crippen molar-refractivity contribution in [3.05, 3.63) is 67.9 Å². The van der Waals surface area contributed by atoms with Crippen LogP contribution in [0.2, 0.25) is 0 Å². The number of nitro benzene ring substituents is 1. The van der Waals surface area contributed by atoms with E-state index in [2.05, 4.69) is 0 Å². The van der Waals surface area contributed by atoms with E-state index in [0.717, 1.165) is 46.3 Å². The second-order valence-electron chi connectivity index (χ2n) is 6.09. The van der Waals surface area contributed by atoms with Gasteiger partial charge in [0.2, 0.25) is 0 Å². The van der Waals surface area contributed by atoms with Gasteiger partial charge in [0.05, 0.1) is 23.5 Å². The van der Waals surface area contributed by atoms with Crippen molar-refractivity contribution in [1.82, 2.24) is 0 Å². The Hall–Kier alpha value is -3.15. The summed E-state index contributed by atoms with van der Waals surface area (Å²) in [6.45, 7) is 4.07. The van der Waals surface area contributed by atoms with Gasteiger partial charge >= 0.3 is 5.43 Å². The lowest BCUT2D eigenvalue weighted by Crippen LogP contribution is -2.01. The third-order valence-corrected chi connectivity index (χ3v) is 4.61. The van der Waals surface area contributed by atoms with Crippen LogP contribution in [-0.4, -0.2) is 19.1 Å². The van der Waals surface area contributed by atoms with Gasteiger partial charge in [0.15, 0.2) is 0 Å². The molecule has 0 fully saturated rings. The highest BCUT2D eigenvalue weighted by Crippen LogP contribution is 2.34. The Morgan fingerprint density at radius 2 is 1.67 bits per heavy atom. The number of furan rings is 1. The van der Waals surface area contributed by atoms with Crippen LogP contribution in [0.15, 0.2) is 45.2 Å². The SMILES string of the molecule is CCc1oc(CC)c2c(=[O+]C)cc(-c3ccc([N+](=O)[O-])cc3)cc(OC)c12. The number of nitrogens with zero attached hydrogens (tertiary/aromatic N) is 1. The normalized spacial score (nSPS) is 11.8. The predicted molar refractivity (Wildman–Crippen MR) is 106 cm³/mol. The lowest BCUT2D eigenvalue weighted by molar-refractivity contribution is -0.384. The van der Waals surface area contributed by atoms with Crippen LogP contribution in [0.4, 0.5) is 5.69 Å². The molecule has 0 amide bonds. The molecule has 3 rings (SSSR count). The molecule has 0 radical (unpaired) electrons. The van der Waals surface area contributed by atoms with E-state index in [1.807, 2.05) is 26.0 Å². The molecule has 0 atom stereocenters. The highest BCUT2D eigenvalue weighted by Gasteiger charge is 2.21. The first-order valence-electron chi connectivity index (χ1n) is 8.82. The minimum atomic E-state index is -0.410. The summed E-state index contributed by atoms with van der Waals surface area (Å²) in [7, 11) is 3.25. The molecule has 6 nitrogen and oxygen atoms in total. The molecule has 6 heteroatoms. The lowest BCUT2D eigenvalue weighted by Gasteiger charge is -2.02. The van der Waals surface area contributed by atoms with Crippen molar-refractivity contribution in [3.8, 4) is 16.9 Å². The molecule has 2 aromatic carbocycles. The molecule has 0 saturated heterocycles. The number of methoxy groups -OCH3 is 1. The van der Waals surface area contributed by atoms with E-state index in [1.165, 1.54) is 12.1 Å². The third kappa shape index (κ3) is 3.30. The number of benzene rings is 1. The number of non-ortho nitro benzene ring substituents is 1. The number of hydrogen-bond acceptors (Lipinski definition) is 4. The van der Waals surface area contributed by atoms with Crippen molar-refractivity contribution in [2.75, 3.05) is 14.2 Å². The standard InChI is InChI=1S/C21H22NO5/c1-5-16-20-18(25-3)11-14(13-7-9-15(10-8-13)22(23)24)12-19(26-4)21(20)17(6-2)27-16/h7-12H,5-6H2,1-4H3/q+1. The number of nitro groups is 1. The zero-order valence-corrected chi connectivity index (χ0v) is 15.9. The second kappa shape index (κ2) is 7.61. The van der Waals surface area contributed by atoms with Gasteiger partial charge in [0, 0.05) is 25.0 Å². The van der Waals surface area contributed by atoms with Crippen LogP contribution in [0.1, 0.15) is 25.4 Å². The number of hydrogen-bond donors (Lipinski definition) is 0. The smallest absolute Gasteiger partial charge is 0.355 e. The van der Waals surface area contributed by atoms with Gasteiger partial charge in [0.1, 0.15) is 22.7 Å². The van der Waals surface area contributed by atoms with Gasteiger partial charge in [-0.3, -0.25) is 14.5 Å². The van der Waals surface area contributed by atoms with Gasteiger partial charge in [0.25, 0.3) is 12.8 Å². The Bertz CT molecular complexity index is 1060. The molecule has 0 aliphatic carbocycles. The van der Waals surface area contributed by atoms with E-state index in [4.69, 9.17) is 13.6 Å². The zero-order valence-electron chi connectivity index (χ0n) is 15.9. The van der Waals surface area contributed by atoms with E-state index in [9.17, 15) is 10.1 Å². The summed E-state index contributed by atoms with van der Waals surface area (Å²) in [4.78, 5) is 10.5. The molecule has 0 aliphatic rings. The van der Waals surface area contributed by atoms with Crippen molar-refractivity contribution >= 4 is 16.5 Å². The van der Waals surface area contributed by atoms with Crippen molar-refractivity contribution in [2.24, 2.45) is 0 Å². The summed E-state index contributed by atoms with van der Waals surface area (Å²) in [6.07, 6.45) is 1.46. The Morgan fingerprint density at radius 3 is 2.19 bits per heavy atom. The van der Waals surface area contributed by atoms with Gasteiger partial charge in [-0.15, -0.1) is 0 Å². The minimum absolute atomic E-state index is 0.0529. The largest absolute Gasteiger partial charge is 0.496 e. The molecule has 27 heavy (non-hydrogen) atoms. The highest BCUT2D eigenvalue weighted by molar-refractivity contribution is 5.93. The Labute approximate surface area is 156 Å². The molecule has 0 N–H and O–H groups in total. The van der Waals surface area contributed by atoms with E-state index in [1.54, 1.807) is 26.4 Å². The average Bonchev–Trinajstić information content (AvgIpc) is 2.98. The third-order valence-electron chi connectivity index (χ3n) is 4.61. The average molecular weight is 368 g/mol. The van der Waals surface area contributed by atoms with Crippen LogP contribution in [-0.2, 0) is 12.8 Å². The van der Waals surface area contributed by atoms with Crippen LogP contribution in [0.3, 0.4) is 0 Å². The quantitative estimate of drug-likeness (QED) is 0.373. The summed E-state index contributed by atoms with van der Waals surface area (Å²) in [5.74, 6) is 2.38. The van der Waals surface area contributed by atoms with Gasteiger partial charge in [-0.1, -0.05) is 13.8 Å². The first-order valence-corrected chi connectivity index (χ1v) is 8.82. The monoisotopic (exact) mass is 368 g/mol. The number of fused-ring (bicyclic) bond motifs is 1. The molecule has 0 saturated carbocycles. The maximum absolute atomic E-state index is 10.9. The Kier molecular flexibility index (Phi) is 5.26. The number of aryl methyl sites for hydroxylation is 2. The maximum Gasteiger partial charge on any atom is 0.355 e. The van der Waals surface area contributed by atoms with Crippen molar-refractivity contribution < 1.29 is 14.1 Å². The molecule has 1 heterocycles. The maximum atomic E-state index is 10.9. The Balaban J connectivity index is 2.38. The van der Waals surface area contributed by atoms with Crippen LogP contribution in [0.25, 0.3) is 21.9 Å². The molecule has 140 valence electrons. The summed E-state index contributed by atoms with van der Waals surface area (Å²) in [6, 6.07) is 10.3. The van der Waals surface area contributed by atoms with E-state index in [-0.39, 0.29) is 5.69 Å². The van der Waals surface area contributed by atoms with Gasteiger partial charge < -0.3 is 9.15 Å². The molecule has 0 bridgehead atoms. The molecular formula is C21H22NO5+. The summed E-state index contributed by atoms with van der Waals surface area (Å²) in [5, 5.41) is 12.7. The van der Waals surface area contributed by atoms with Gasteiger partial charge in [-0.25, -0.2) is 0 Å².